The largest absolute Gasteiger partial charge is 0.353 e. The molecule has 0 radical (unpaired) electrons. The maximum Gasteiger partial charge on any atom is 0.322 e. The second kappa shape index (κ2) is 9.21. The Labute approximate surface area is 160 Å². The second-order valence-corrected chi connectivity index (χ2v) is 6.92. The average Bonchev–Trinajstić information content (AvgIpc) is 2.70. The number of carbonyl (C=O) groups is 2. The van der Waals surface area contributed by atoms with E-state index in [0.29, 0.717) is 19.5 Å². The summed E-state index contributed by atoms with van der Waals surface area (Å²) in [5, 5.41) is 5.81. The normalized spacial score (nSPS) is 16.7. The molecule has 2 N–H and O–H groups in total. The van der Waals surface area contributed by atoms with E-state index in [2.05, 4.69) is 29.7 Å². The highest BCUT2D eigenvalue weighted by molar-refractivity contribution is 5.94. The number of urea groups is 1. The molecule has 1 fully saturated rings. The number of hydrogen-bond donors (Lipinski definition) is 2. The van der Waals surface area contributed by atoms with E-state index in [0.717, 1.165) is 30.5 Å². The fourth-order valence-electron chi connectivity index (χ4n) is 3.33. The van der Waals surface area contributed by atoms with Crippen LogP contribution in [0.15, 0.2) is 54.6 Å². The third-order valence-electron chi connectivity index (χ3n) is 4.89. The highest BCUT2D eigenvalue weighted by Gasteiger charge is 2.33. The lowest BCUT2D eigenvalue weighted by atomic mass is 10.0. The van der Waals surface area contributed by atoms with Gasteiger partial charge in [-0.15, -0.1) is 0 Å². The first-order valence-electron chi connectivity index (χ1n) is 9.65. The first-order chi connectivity index (χ1) is 13.2. The van der Waals surface area contributed by atoms with E-state index in [9.17, 15) is 9.59 Å². The number of aryl methyl sites for hydroxylation is 1. The Balaban J connectivity index is 1.66. The molecule has 0 bridgehead atoms. The van der Waals surface area contributed by atoms with E-state index in [4.69, 9.17) is 0 Å². The van der Waals surface area contributed by atoms with Crippen LogP contribution in [0.5, 0.6) is 0 Å². The molecule has 1 aliphatic rings. The van der Waals surface area contributed by atoms with Crippen molar-refractivity contribution in [2.24, 2.45) is 0 Å². The number of hydrogen-bond acceptors (Lipinski definition) is 2. The minimum absolute atomic E-state index is 0.102. The number of benzene rings is 2. The van der Waals surface area contributed by atoms with E-state index < -0.39 is 6.04 Å². The summed E-state index contributed by atoms with van der Waals surface area (Å²) in [5.41, 5.74) is 3.07. The molecule has 142 valence electrons. The third-order valence-corrected chi connectivity index (χ3v) is 4.89. The summed E-state index contributed by atoms with van der Waals surface area (Å²) < 4.78 is 0. The van der Waals surface area contributed by atoms with Gasteiger partial charge in [0.2, 0.25) is 5.91 Å². The third kappa shape index (κ3) is 5.09. The number of piperazine rings is 1. The zero-order chi connectivity index (χ0) is 19.1. The molecule has 0 spiro atoms. The molecule has 3 amide bonds. The van der Waals surface area contributed by atoms with Gasteiger partial charge >= 0.3 is 6.03 Å². The van der Waals surface area contributed by atoms with E-state index in [-0.39, 0.29) is 11.9 Å². The van der Waals surface area contributed by atoms with Crippen LogP contribution in [0.4, 0.5) is 10.5 Å². The topological polar surface area (TPSA) is 61.4 Å². The molecule has 0 aliphatic carbocycles. The van der Waals surface area contributed by atoms with Gasteiger partial charge in [-0.1, -0.05) is 55.8 Å². The van der Waals surface area contributed by atoms with Crippen molar-refractivity contribution in [3.63, 3.8) is 0 Å². The monoisotopic (exact) mass is 365 g/mol. The van der Waals surface area contributed by atoms with Gasteiger partial charge in [0.15, 0.2) is 0 Å². The van der Waals surface area contributed by atoms with Crippen molar-refractivity contribution in [1.82, 2.24) is 10.2 Å². The molecule has 5 nitrogen and oxygen atoms in total. The molecule has 3 rings (SSSR count). The molecule has 1 atom stereocenters. The molecule has 0 aromatic heterocycles. The molecular weight excluding hydrogens is 338 g/mol. The molecule has 5 heteroatoms. The number of rotatable bonds is 6. The predicted octanol–water partition coefficient (Wildman–Crippen LogP) is 3.60. The van der Waals surface area contributed by atoms with Crippen molar-refractivity contribution in [2.75, 3.05) is 18.4 Å². The van der Waals surface area contributed by atoms with Crippen LogP contribution in [-0.2, 0) is 17.6 Å². The molecule has 0 saturated carbocycles. The van der Waals surface area contributed by atoms with Gasteiger partial charge in [0.25, 0.3) is 0 Å². The Kier molecular flexibility index (Phi) is 6.47. The van der Waals surface area contributed by atoms with Gasteiger partial charge in [-0.05, 0) is 36.1 Å². The lowest BCUT2D eigenvalue weighted by molar-refractivity contribution is -0.127. The zero-order valence-electron chi connectivity index (χ0n) is 15.8. The minimum Gasteiger partial charge on any atom is -0.353 e. The summed E-state index contributed by atoms with van der Waals surface area (Å²) in [6.07, 6.45) is 3.89. The lowest BCUT2D eigenvalue weighted by Gasteiger charge is -2.35. The molecule has 0 unspecified atom stereocenters. The Morgan fingerprint density at radius 3 is 2.56 bits per heavy atom. The van der Waals surface area contributed by atoms with Crippen molar-refractivity contribution in [3.05, 3.63) is 65.7 Å². The first-order valence-corrected chi connectivity index (χ1v) is 9.65. The Morgan fingerprint density at radius 2 is 1.85 bits per heavy atom. The van der Waals surface area contributed by atoms with Crippen LogP contribution < -0.4 is 10.6 Å². The van der Waals surface area contributed by atoms with E-state index >= 15 is 0 Å². The molecule has 27 heavy (non-hydrogen) atoms. The molecule has 2 aromatic rings. The van der Waals surface area contributed by atoms with Gasteiger partial charge in [-0.2, -0.15) is 0 Å². The van der Waals surface area contributed by atoms with Crippen LogP contribution in [0.1, 0.15) is 30.9 Å². The number of anilines is 1. The maximum absolute atomic E-state index is 12.8. The molecule has 1 heterocycles. The van der Waals surface area contributed by atoms with Crippen molar-refractivity contribution >= 4 is 17.6 Å². The SMILES string of the molecule is CCCCc1ccc(NC(=O)N2CCNC(=O)[C@H]2Cc2ccccc2)cc1. The van der Waals surface area contributed by atoms with Crippen LogP contribution in [0, 0.1) is 0 Å². The van der Waals surface area contributed by atoms with Crippen LogP contribution in [0.25, 0.3) is 0 Å². The summed E-state index contributed by atoms with van der Waals surface area (Å²) in [6.45, 7) is 3.16. The van der Waals surface area contributed by atoms with Crippen LogP contribution >= 0.6 is 0 Å². The summed E-state index contributed by atoms with van der Waals surface area (Å²) in [7, 11) is 0. The van der Waals surface area contributed by atoms with E-state index in [1.165, 1.54) is 5.56 Å². The highest BCUT2D eigenvalue weighted by atomic mass is 16.2. The fraction of sp³-hybridized carbons (Fsp3) is 0.364. The smallest absolute Gasteiger partial charge is 0.322 e. The second-order valence-electron chi connectivity index (χ2n) is 6.92. The Hall–Kier alpha value is -2.82. The number of nitrogens with one attached hydrogen (secondary N) is 2. The van der Waals surface area contributed by atoms with E-state index in [1.54, 1.807) is 4.90 Å². The van der Waals surface area contributed by atoms with Crippen LogP contribution in [0.3, 0.4) is 0 Å². The predicted molar refractivity (Wildman–Crippen MR) is 108 cm³/mol. The highest BCUT2D eigenvalue weighted by Crippen LogP contribution is 2.16. The van der Waals surface area contributed by atoms with Crippen molar-refractivity contribution in [2.45, 2.75) is 38.6 Å². The minimum atomic E-state index is -0.495. The number of amides is 3. The zero-order valence-corrected chi connectivity index (χ0v) is 15.8. The molecule has 1 saturated heterocycles. The van der Waals surface area contributed by atoms with Crippen LogP contribution in [0.2, 0.25) is 0 Å². The van der Waals surface area contributed by atoms with E-state index in [1.807, 2.05) is 42.5 Å². The van der Waals surface area contributed by atoms with Crippen molar-refractivity contribution < 1.29 is 9.59 Å². The standard InChI is InChI=1S/C22H27N3O2/c1-2-3-7-17-10-12-19(13-11-17)24-22(27)25-15-14-23-21(26)20(25)16-18-8-5-4-6-9-18/h4-6,8-13,20H,2-3,7,14-16H2,1H3,(H,23,26)(H,24,27)/t20-/m1/s1. The van der Waals surface area contributed by atoms with Crippen molar-refractivity contribution in [1.29, 1.82) is 0 Å². The Morgan fingerprint density at radius 1 is 1.11 bits per heavy atom. The fourth-order valence-corrected chi connectivity index (χ4v) is 3.33. The summed E-state index contributed by atoms with van der Waals surface area (Å²) in [5.74, 6) is -0.102. The van der Waals surface area contributed by atoms with Gasteiger partial charge in [-0.3, -0.25) is 4.79 Å². The number of carbonyl (C=O) groups excluding carboxylic acids is 2. The van der Waals surface area contributed by atoms with Crippen molar-refractivity contribution in [3.8, 4) is 0 Å². The summed E-state index contributed by atoms with van der Waals surface area (Å²) >= 11 is 0. The number of nitrogens with zero attached hydrogens (tertiary/aromatic N) is 1. The van der Waals surface area contributed by atoms with Gasteiger partial charge in [0, 0.05) is 25.2 Å². The molecule has 2 aromatic carbocycles. The summed E-state index contributed by atoms with van der Waals surface area (Å²) in [4.78, 5) is 26.8. The van der Waals surface area contributed by atoms with Gasteiger partial charge < -0.3 is 15.5 Å². The van der Waals surface area contributed by atoms with Gasteiger partial charge in [-0.25, -0.2) is 4.79 Å². The van der Waals surface area contributed by atoms with Gasteiger partial charge in [0.05, 0.1) is 0 Å². The Bertz CT molecular complexity index is 759. The summed E-state index contributed by atoms with van der Waals surface area (Å²) in [6, 6.07) is 17.0. The molecule has 1 aliphatic heterocycles. The average molecular weight is 365 g/mol. The van der Waals surface area contributed by atoms with Crippen LogP contribution in [-0.4, -0.2) is 36.0 Å². The number of unbranched alkanes of at least 4 members (excludes halogenated alkanes) is 1. The lowest BCUT2D eigenvalue weighted by Crippen LogP contribution is -2.59. The maximum atomic E-state index is 12.8. The first kappa shape index (κ1) is 19.0. The van der Waals surface area contributed by atoms with Gasteiger partial charge in [0.1, 0.15) is 6.04 Å². The molecular formula is C22H27N3O2. The quantitative estimate of drug-likeness (QED) is 0.822.